The van der Waals surface area contributed by atoms with Crippen LogP contribution < -0.4 is 25.0 Å². The van der Waals surface area contributed by atoms with Crippen LogP contribution in [0.5, 0.6) is 11.5 Å². The smallest absolute Gasteiger partial charge is 0.228 e. The molecule has 1 saturated heterocycles. The summed E-state index contributed by atoms with van der Waals surface area (Å²) in [5.41, 5.74) is 8.16. The van der Waals surface area contributed by atoms with Crippen LogP contribution in [0.4, 0.5) is 17.5 Å². The van der Waals surface area contributed by atoms with E-state index in [4.69, 9.17) is 20.2 Å². The van der Waals surface area contributed by atoms with Crippen molar-refractivity contribution in [2.24, 2.45) is 0 Å². The second kappa shape index (κ2) is 7.38. The molecule has 0 radical (unpaired) electrons. The molecule has 1 unspecified atom stereocenters. The second-order valence-corrected chi connectivity index (χ2v) is 6.83. The molecule has 8 nitrogen and oxygen atoms in total. The highest BCUT2D eigenvalue weighted by Gasteiger charge is 2.26. The van der Waals surface area contributed by atoms with Gasteiger partial charge in [0.25, 0.3) is 0 Å². The van der Waals surface area contributed by atoms with Crippen LogP contribution in [0.2, 0.25) is 0 Å². The highest BCUT2D eigenvalue weighted by Crippen LogP contribution is 2.34. The lowest BCUT2D eigenvalue weighted by Crippen LogP contribution is -2.52. The Hall–Kier alpha value is -3.29. The monoisotopic (exact) mass is 380 g/mol. The van der Waals surface area contributed by atoms with Crippen molar-refractivity contribution in [1.82, 2.24) is 15.0 Å². The Morgan fingerprint density at radius 3 is 2.43 bits per heavy atom. The number of hydrogen-bond donors (Lipinski definition) is 1. The number of hydrogen-bond acceptors (Lipinski definition) is 8. The van der Waals surface area contributed by atoms with E-state index < -0.39 is 0 Å². The number of fused-ring (bicyclic) bond motifs is 1. The third-order valence-corrected chi connectivity index (χ3v) is 5.12. The number of benzene rings is 1. The fourth-order valence-electron chi connectivity index (χ4n) is 3.67. The first kappa shape index (κ1) is 18.1. The Balaban J connectivity index is 1.63. The summed E-state index contributed by atoms with van der Waals surface area (Å²) in [6.07, 6.45) is 3.65. The van der Waals surface area contributed by atoms with Crippen LogP contribution in [0.15, 0.2) is 36.7 Å². The zero-order valence-electron chi connectivity index (χ0n) is 16.3. The average molecular weight is 380 g/mol. The Morgan fingerprint density at radius 2 is 1.75 bits per heavy atom. The number of aromatic nitrogens is 3. The molecule has 0 bridgehead atoms. The molecule has 1 aliphatic rings. The first-order valence-corrected chi connectivity index (χ1v) is 9.21. The number of methoxy groups -OCH3 is 2. The van der Waals surface area contributed by atoms with Crippen molar-refractivity contribution in [2.45, 2.75) is 13.0 Å². The van der Waals surface area contributed by atoms with Gasteiger partial charge in [0.2, 0.25) is 5.95 Å². The molecule has 1 atom stereocenters. The SMILES string of the molecule is COc1cc2nc(N3CCN(c4ccncc4)C(C)C3)nc(N)c2cc1OC. The second-order valence-electron chi connectivity index (χ2n) is 6.83. The number of anilines is 3. The lowest BCUT2D eigenvalue weighted by atomic mass is 10.1. The molecule has 8 heteroatoms. The van der Waals surface area contributed by atoms with Gasteiger partial charge in [-0.25, -0.2) is 4.98 Å². The zero-order valence-corrected chi connectivity index (χ0v) is 16.3. The van der Waals surface area contributed by atoms with Crippen LogP contribution in [-0.2, 0) is 0 Å². The molecule has 2 aromatic heterocycles. The van der Waals surface area contributed by atoms with Crippen molar-refractivity contribution < 1.29 is 9.47 Å². The molecule has 4 rings (SSSR count). The van der Waals surface area contributed by atoms with Gasteiger partial charge < -0.3 is 25.0 Å². The highest BCUT2D eigenvalue weighted by molar-refractivity contribution is 5.91. The minimum atomic E-state index is 0.307. The van der Waals surface area contributed by atoms with Crippen molar-refractivity contribution in [2.75, 3.05) is 49.4 Å². The van der Waals surface area contributed by atoms with Gasteiger partial charge in [0.1, 0.15) is 5.82 Å². The molecule has 0 spiro atoms. The van der Waals surface area contributed by atoms with Crippen LogP contribution in [0.3, 0.4) is 0 Å². The van der Waals surface area contributed by atoms with E-state index in [9.17, 15) is 0 Å². The topological polar surface area (TPSA) is 89.6 Å². The van der Waals surface area contributed by atoms with E-state index in [1.807, 2.05) is 36.7 Å². The van der Waals surface area contributed by atoms with E-state index >= 15 is 0 Å². The van der Waals surface area contributed by atoms with Crippen LogP contribution in [0, 0.1) is 0 Å². The lowest BCUT2D eigenvalue weighted by molar-refractivity contribution is 0.356. The Labute approximate surface area is 163 Å². The van der Waals surface area contributed by atoms with E-state index in [-0.39, 0.29) is 0 Å². The van der Waals surface area contributed by atoms with Crippen LogP contribution in [-0.4, -0.2) is 54.8 Å². The number of nitrogens with two attached hydrogens (primary N) is 1. The van der Waals surface area contributed by atoms with E-state index in [2.05, 4.69) is 26.7 Å². The fraction of sp³-hybridized carbons (Fsp3) is 0.350. The minimum Gasteiger partial charge on any atom is -0.493 e. The molecule has 0 aliphatic carbocycles. The van der Waals surface area contributed by atoms with Gasteiger partial charge in [-0.2, -0.15) is 4.98 Å². The predicted molar refractivity (Wildman–Crippen MR) is 110 cm³/mol. The summed E-state index contributed by atoms with van der Waals surface area (Å²) < 4.78 is 10.8. The molecule has 146 valence electrons. The zero-order chi connectivity index (χ0) is 19.7. The number of rotatable bonds is 4. The number of nitrogens with zero attached hydrogens (tertiary/aromatic N) is 5. The summed E-state index contributed by atoms with van der Waals surface area (Å²) in [6.45, 7) is 4.69. The molecule has 1 aromatic carbocycles. The van der Waals surface area contributed by atoms with Gasteiger partial charge in [-0.15, -0.1) is 0 Å². The van der Waals surface area contributed by atoms with E-state index in [0.717, 1.165) is 30.5 Å². The van der Waals surface area contributed by atoms with Gasteiger partial charge in [0.05, 0.1) is 19.7 Å². The number of nitrogen functional groups attached to an aromatic ring is 1. The summed E-state index contributed by atoms with van der Waals surface area (Å²) in [5, 5.41) is 0.755. The molecule has 3 aromatic rings. The summed E-state index contributed by atoms with van der Waals surface area (Å²) in [7, 11) is 3.20. The number of pyridine rings is 1. The largest absolute Gasteiger partial charge is 0.493 e. The molecular formula is C20H24N6O2. The van der Waals surface area contributed by atoms with E-state index in [1.54, 1.807) is 14.2 Å². The van der Waals surface area contributed by atoms with Crippen LogP contribution in [0.1, 0.15) is 6.92 Å². The maximum absolute atomic E-state index is 6.24. The molecule has 28 heavy (non-hydrogen) atoms. The van der Waals surface area contributed by atoms with Crippen LogP contribution in [0.25, 0.3) is 10.9 Å². The van der Waals surface area contributed by atoms with Gasteiger partial charge in [-0.05, 0) is 25.1 Å². The lowest BCUT2D eigenvalue weighted by Gasteiger charge is -2.41. The van der Waals surface area contributed by atoms with Gasteiger partial charge in [0.15, 0.2) is 11.5 Å². The van der Waals surface area contributed by atoms with Crippen molar-refractivity contribution in [3.05, 3.63) is 36.7 Å². The molecule has 2 N–H and O–H groups in total. The first-order valence-electron chi connectivity index (χ1n) is 9.21. The Kier molecular flexibility index (Phi) is 4.77. The molecule has 3 heterocycles. The number of piperazine rings is 1. The van der Waals surface area contributed by atoms with Gasteiger partial charge in [-0.1, -0.05) is 0 Å². The van der Waals surface area contributed by atoms with Crippen LogP contribution >= 0.6 is 0 Å². The molecule has 0 saturated carbocycles. The predicted octanol–water partition coefficient (Wildman–Crippen LogP) is 2.34. The Morgan fingerprint density at radius 1 is 1.04 bits per heavy atom. The summed E-state index contributed by atoms with van der Waals surface area (Å²) >= 11 is 0. The summed E-state index contributed by atoms with van der Waals surface area (Å²) in [6, 6.07) is 8.04. The summed E-state index contributed by atoms with van der Waals surface area (Å²) in [4.78, 5) is 18.0. The van der Waals surface area contributed by atoms with Gasteiger partial charge in [0, 0.05) is 55.2 Å². The maximum Gasteiger partial charge on any atom is 0.228 e. The van der Waals surface area contributed by atoms with Crippen molar-refractivity contribution in [3.8, 4) is 11.5 Å². The van der Waals surface area contributed by atoms with Crippen molar-refractivity contribution >= 4 is 28.4 Å². The first-order chi connectivity index (χ1) is 13.6. The minimum absolute atomic E-state index is 0.307. The highest BCUT2D eigenvalue weighted by atomic mass is 16.5. The van der Waals surface area contributed by atoms with E-state index in [0.29, 0.717) is 29.3 Å². The third kappa shape index (κ3) is 3.21. The van der Waals surface area contributed by atoms with E-state index in [1.165, 1.54) is 5.69 Å². The Bertz CT molecular complexity index is 981. The molecule has 1 aliphatic heterocycles. The van der Waals surface area contributed by atoms with Gasteiger partial charge >= 0.3 is 0 Å². The quantitative estimate of drug-likeness (QED) is 0.738. The summed E-state index contributed by atoms with van der Waals surface area (Å²) in [5.74, 6) is 2.30. The van der Waals surface area contributed by atoms with Gasteiger partial charge in [-0.3, -0.25) is 4.98 Å². The van der Waals surface area contributed by atoms with Crippen molar-refractivity contribution in [1.29, 1.82) is 0 Å². The number of ether oxygens (including phenoxy) is 2. The molecular weight excluding hydrogens is 356 g/mol. The van der Waals surface area contributed by atoms with Crippen molar-refractivity contribution in [3.63, 3.8) is 0 Å². The molecule has 0 amide bonds. The molecule has 1 fully saturated rings. The standard InChI is InChI=1S/C20H24N6O2/c1-13-12-25(8-9-26(13)14-4-6-22-7-5-14)20-23-16-11-18(28-3)17(27-2)10-15(16)19(21)24-20/h4-7,10-11,13H,8-9,12H2,1-3H3,(H2,21,23,24). The maximum atomic E-state index is 6.24. The third-order valence-electron chi connectivity index (χ3n) is 5.12. The normalized spacial score (nSPS) is 17.0. The average Bonchev–Trinajstić information content (AvgIpc) is 2.73. The fourth-order valence-corrected chi connectivity index (χ4v) is 3.67.